The summed E-state index contributed by atoms with van der Waals surface area (Å²) in [6, 6.07) is 0. The standard InChI is InChI=1S/C7H13BN3/c1-5-9-10-11(6-2)8-7(3)4/h5-7H,1-2H2,3-4H3. The number of nitrogens with zero attached hydrogens (tertiary/aromatic N) is 3. The van der Waals surface area contributed by atoms with E-state index in [4.69, 9.17) is 0 Å². The van der Waals surface area contributed by atoms with E-state index >= 15 is 0 Å². The predicted molar refractivity (Wildman–Crippen MR) is 47.9 cm³/mol. The van der Waals surface area contributed by atoms with Gasteiger partial charge in [0.25, 0.3) is 7.41 Å². The molecule has 0 bridgehead atoms. The summed E-state index contributed by atoms with van der Waals surface area (Å²) >= 11 is 0. The molecule has 0 saturated carbocycles. The molecule has 0 aromatic heterocycles. The second kappa shape index (κ2) is 5.71. The SMILES string of the molecule is C=CN=NN([B]C(C)C)C=C. The van der Waals surface area contributed by atoms with Crippen LogP contribution in [-0.4, -0.2) is 12.3 Å². The molecule has 0 unspecified atom stereocenters. The lowest BCUT2D eigenvalue weighted by Gasteiger charge is -2.11. The lowest BCUT2D eigenvalue weighted by molar-refractivity contribution is 0.581. The van der Waals surface area contributed by atoms with Crippen molar-refractivity contribution in [3.8, 4) is 0 Å². The molecule has 0 amide bonds. The highest BCUT2D eigenvalue weighted by atomic mass is 15.5. The summed E-state index contributed by atoms with van der Waals surface area (Å²) in [5.74, 6) is 0.428. The summed E-state index contributed by atoms with van der Waals surface area (Å²) < 4.78 is 0. The van der Waals surface area contributed by atoms with Gasteiger partial charge >= 0.3 is 0 Å². The van der Waals surface area contributed by atoms with Gasteiger partial charge < -0.3 is 4.92 Å². The van der Waals surface area contributed by atoms with Crippen molar-refractivity contribution in [2.75, 3.05) is 0 Å². The van der Waals surface area contributed by atoms with Gasteiger partial charge in [0.15, 0.2) is 0 Å². The molecule has 4 heteroatoms. The van der Waals surface area contributed by atoms with E-state index in [1.54, 1.807) is 11.1 Å². The molecule has 0 aromatic carbocycles. The molecule has 0 fully saturated rings. The van der Waals surface area contributed by atoms with E-state index in [1.165, 1.54) is 6.20 Å². The van der Waals surface area contributed by atoms with Crippen LogP contribution in [0.5, 0.6) is 0 Å². The van der Waals surface area contributed by atoms with Crippen LogP contribution in [0.3, 0.4) is 0 Å². The molecule has 0 aromatic rings. The monoisotopic (exact) mass is 150 g/mol. The van der Waals surface area contributed by atoms with Crippen LogP contribution in [0.15, 0.2) is 35.9 Å². The van der Waals surface area contributed by atoms with Crippen molar-refractivity contribution in [1.29, 1.82) is 0 Å². The summed E-state index contributed by atoms with van der Waals surface area (Å²) in [6.45, 7) is 11.1. The molecular weight excluding hydrogens is 137 g/mol. The summed E-state index contributed by atoms with van der Waals surface area (Å²) in [7, 11) is 1.90. The topological polar surface area (TPSA) is 28.0 Å². The van der Waals surface area contributed by atoms with Gasteiger partial charge in [0.2, 0.25) is 0 Å². The van der Waals surface area contributed by atoms with Gasteiger partial charge in [-0.3, -0.25) is 0 Å². The molecule has 59 valence electrons. The van der Waals surface area contributed by atoms with E-state index in [-0.39, 0.29) is 0 Å². The Morgan fingerprint density at radius 2 is 2.09 bits per heavy atom. The summed E-state index contributed by atoms with van der Waals surface area (Å²) in [5.41, 5.74) is 0. The molecule has 1 radical (unpaired) electrons. The normalized spacial score (nSPS) is 10.1. The molecule has 3 nitrogen and oxygen atoms in total. The van der Waals surface area contributed by atoms with Crippen LogP contribution in [0.25, 0.3) is 0 Å². The third-order valence-corrected chi connectivity index (χ3v) is 0.875. The van der Waals surface area contributed by atoms with Crippen LogP contribution in [0.1, 0.15) is 13.8 Å². The maximum Gasteiger partial charge on any atom is 0.284 e. The maximum atomic E-state index is 3.77. The third-order valence-electron chi connectivity index (χ3n) is 0.875. The van der Waals surface area contributed by atoms with Gasteiger partial charge in [0.05, 0.1) is 0 Å². The third kappa shape index (κ3) is 5.39. The Kier molecular flexibility index (Phi) is 5.16. The van der Waals surface area contributed by atoms with Crippen molar-refractivity contribution >= 4 is 7.41 Å². The Bertz CT molecular complexity index is 154. The van der Waals surface area contributed by atoms with Gasteiger partial charge in [0.1, 0.15) is 0 Å². The summed E-state index contributed by atoms with van der Waals surface area (Å²) in [5, 5.41) is 7.38. The van der Waals surface area contributed by atoms with Gasteiger partial charge in [-0.05, 0) is 5.82 Å². The van der Waals surface area contributed by atoms with Crippen LogP contribution in [0.2, 0.25) is 5.82 Å². The fourth-order valence-electron chi connectivity index (χ4n) is 0.529. The van der Waals surface area contributed by atoms with E-state index in [0.29, 0.717) is 5.82 Å². The van der Waals surface area contributed by atoms with Crippen molar-refractivity contribution in [3.63, 3.8) is 0 Å². The minimum Gasteiger partial charge on any atom is -0.306 e. The first-order valence-electron chi connectivity index (χ1n) is 3.48. The molecule has 0 atom stereocenters. The Morgan fingerprint density at radius 3 is 2.45 bits per heavy atom. The zero-order chi connectivity index (χ0) is 8.69. The second-order valence-electron chi connectivity index (χ2n) is 2.34. The molecule has 0 heterocycles. The molecule has 11 heavy (non-hydrogen) atoms. The Hall–Kier alpha value is -1.06. The number of hydrogen-bond donors (Lipinski definition) is 0. The predicted octanol–water partition coefficient (Wildman–Crippen LogP) is 2.39. The first-order valence-corrected chi connectivity index (χ1v) is 3.48. The van der Waals surface area contributed by atoms with Crippen molar-refractivity contribution in [1.82, 2.24) is 4.92 Å². The van der Waals surface area contributed by atoms with Gasteiger partial charge in [-0.15, -0.1) is 5.11 Å². The quantitative estimate of drug-likeness (QED) is 0.336. The molecule has 0 aliphatic rings. The highest BCUT2D eigenvalue weighted by molar-refractivity contribution is 6.34. The summed E-state index contributed by atoms with van der Waals surface area (Å²) in [6.07, 6.45) is 2.97. The van der Waals surface area contributed by atoms with E-state index in [0.717, 1.165) is 0 Å². The van der Waals surface area contributed by atoms with Crippen LogP contribution in [0.4, 0.5) is 0 Å². The van der Waals surface area contributed by atoms with E-state index < -0.39 is 0 Å². The van der Waals surface area contributed by atoms with E-state index in [9.17, 15) is 0 Å². The summed E-state index contributed by atoms with van der Waals surface area (Å²) in [4.78, 5) is 1.56. The number of hydrogen-bond acceptors (Lipinski definition) is 2. The Balaban J connectivity index is 3.84. The highest BCUT2D eigenvalue weighted by Gasteiger charge is 2.02. The van der Waals surface area contributed by atoms with Crippen molar-refractivity contribution in [2.24, 2.45) is 10.3 Å². The second-order valence-corrected chi connectivity index (χ2v) is 2.34. The minimum atomic E-state index is 0.428. The van der Waals surface area contributed by atoms with Gasteiger partial charge in [-0.2, -0.15) is 0 Å². The van der Waals surface area contributed by atoms with Crippen LogP contribution in [-0.2, 0) is 0 Å². The zero-order valence-corrected chi connectivity index (χ0v) is 7.07. The van der Waals surface area contributed by atoms with Gasteiger partial charge in [0, 0.05) is 12.4 Å². The van der Waals surface area contributed by atoms with Crippen molar-refractivity contribution in [3.05, 3.63) is 25.6 Å². The molecule has 0 aliphatic carbocycles. The molecule has 0 rings (SSSR count). The average Bonchev–Trinajstić information content (AvgIpc) is 1.97. The number of rotatable bonds is 5. The van der Waals surface area contributed by atoms with Crippen LogP contribution < -0.4 is 0 Å². The molecular formula is C7H13BN3. The van der Waals surface area contributed by atoms with E-state index in [1.807, 2.05) is 7.41 Å². The van der Waals surface area contributed by atoms with Crippen LogP contribution >= 0.6 is 0 Å². The van der Waals surface area contributed by atoms with Crippen molar-refractivity contribution in [2.45, 2.75) is 19.7 Å². The largest absolute Gasteiger partial charge is 0.306 e. The fraction of sp³-hybridized carbons (Fsp3) is 0.429. The Labute approximate surface area is 68.7 Å². The lowest BCUT2D eigenvalue weighted by Crippen LogP contribution is -2.16. The Morgan fingerprint density at radius 1 is 1.45 bits per heavy atom. The maximum absolute atomic E-state index is 3.77. The molecule has 0 saturated heterocycles. The molecule has 0 N–H and O–H groups in total. The van der Waals surface area contributed by atoms with Gasteiger partial charge in [-0.25, -0.2) is 0 Å². The zero-order valence-electron chi connectivity index (χ0n) is 7.07. The van der Waals surface area contributed by atoms with Gasteiger partial charge in [-0.1, -0.05) is 32.2 Å². The highest BCUT2D eigenvalue weighted by Crippen LogP contribution is 2.02. The van der Waals surface area contributed by atoms with Crippen LogP contribution in [0, 0.1) is 0 Å². The minimum absolute atomic E-state index is 0.428. The molecule has 0 aliphatic heterocycles. The van der Waals surface area contributed by atoms with Crippen molar-refractivity contribution < 1.29 is 0 Å². The molecule has 0 spiro atoms. The smallest absolute Gasteiger partial charge is 0.284 e. The lowest BCUT2D eigenvalue weighted by atomic mass is 9.78. The fourth-order valence-corrected chi connectivity index (χ4v) is 0.529. The first-order chi connectivity index (χ1) is 5.20. The van der Waals surface area contributed by atoms with E-state index in [2.05, 4.69) is 37.3 Å². The average molecular weight is 150 g/mol. The first kappa shape index (κ1) is 9.94.